The van der Waals surface area contributed by atoms with Gasteiger partial charge < -0.3 is 14.5 Å². The molecule has 132 valence electrons. The van der Waals surface area contributed by atoms with Gasteiger partial charge >= 0.3 is 0 Å². The molecule has 25 heavy (non-hydrogen) atoms. The lowest BCUT2D eigenvalue weighted by atomic mass is 10.2. The lowest BCUT2D eigenvalue weighted by Crippen LogP contribution is -2.52. The van der Waals surface area contributed by atoms with Gasteiger partial charge in [-0.1, -0.05) is 31.2 Å². The fourth-order valence-electron chi connectivity index (χ4n) is 3.05. The lowest BCUT2D eigenvalue weighted by Gasteiger charge is -2.36. The normalized spacial score (nSPS) is 15.8. The molecule has 1 saturated heterocycles. The second-order valence-electron chi connectivity index (χ2n) is 6.28. The van der Waals surface area contributed by atoms with E-state index in [0.29, 0.717) is 19.5 Å². The predicted molar refractivity (Wildman–Crippen MR) is 98.9 cm³/mol. The molecule has 1 amide bonds. The number of ether oxygens (including phenoxy) is 1. The molecule has 1 fully saturated rings. The molecule has 1 atom stereocenters. The van der Waals surface area contributed by atoms with Crippen LogP contribution >= 0.6 is 0 Å². The Kier molecular flexibility index (Phi) is 5.53. The first-order valence-electron chi connectivity index (χ1n) is 8.86. The molecule has 1 aromatic carbocycles. The number of carbonyl (C=O) groups is 1. The van der Waals surface area contributed by atoms with Crippen molar-refractivity contribution < 1.29 is 9.53 Å². The minimum atomic E-state index is -0.428. The number of para-hydroxylation sites is 1. The minimum Gasteiger partial charge on any atom is -0.480 e. The standard InChI is InChI=1S/C20H25N3O2/c1-3-17(25-18-9-5-4-8-16(18)2)20(24)23-14-12-22(13-15-23)19-10-6-7-11-21-19/h4-11,17H,3,12-15H2,1-2H3/t17-/m1/s1. The fourth-order valence-corrected chi connectivity index (χ4v) is 3.05. The van der Waals surface area contributed by atoms with Gasteiger partial charge in [-0.05, 0) is 37.1 Å². The Bertz CT molecular complexity index is 697. The van der Waals surface area contributed by atoms with Crippen molar-refractivity contribution in [3.05, 3.63) is 54.2 Å². The summed E-state index contributed by atoms with van der Waals surface area (Å²) in [5.74, 6) is 1.83. The molecule has 1 aliphatic heterocycles. The maximum Gasteiger partial charge on any atom is 0.263 e. The van der Waals surface area contributed by atoms with Crippen molar-refractivity contribution in [3.8, 4) is 5.75 Å². The van der Waals surface area contributed by atoms with Gasteiger partial charge in [-0.15, -0.1) is 0 Å². The smallest absolute Gasteiger partial charge is 0.263 e. The van der Waals surface area contributed by atoms with Crippen molar-refractivity contribution in [2.75, 3.05) is 31.1 Å². The summed E-state index contributed by atoms with van der Waals surface area (Å²) in [5.41, 5.74) is 1.05. The molecule has 5 heteroatoms. The van der Waals surface area contributed by atoms with E-state index in [-0.39, 0.29) is 5.91 Å². The van der Waals surface area contributed by atoms with E-state index >= 15 is 0 Å². The number of amides is 1. The summed E-state index contributed by atoms with van der Waals surface area (Å²) in [5, 5.41) is 0. The average molecular weight is 339 g/mol. The van der Waals surface area contributed by atoms with Crippen molar-refractivity contribution in [2.45, 2.75) is 26.4 Å². The van der Waals surface area contributed by atoms with Gasteiger partial charge in [0.25, 0.3) is 5.91 Å². The zero-order valence-electron chi connectivity index (χ0n) is 14.9. The number of hydrogen-bond acceptors (Lipinski definition) is 4. The van der Waals surface area contributed by atoms with Gasteiger partial charge in [0, 0.05) is 32.4 Å². The van der Waals surface area contributed by atoms with Crippen molar-refractivity contribution in [3.63, 3.8) is 0 Å². The van der Waals surface area contributed by atoms with E-state index in [9.17, 15) is 4.79 Å². The number of aryl methyl sites for hydroxylation is 1. The van der Waals surface area contributed by atoms with Crippen LogP contribution in [0.25, 0.3) is 0 Å². The van der Waals surface area contributed by atoms with Crippen LogP contribution < -0.4 is 9.64 Å². The number of hydrogen-bond donors (Lipinski definition) is 0. The topological polar surface area (TPSA) is 45.7 Å². The maximum atomic E-state index is 12.9. The van der Waals surface area contributed by atoms with E-state index in [1.165, 1.54) is 0 Å². The highest BCUT2D eigenvalue weighted by molar-refractivity contribution is 5.81. The van der Waals surface area contributed by atoms with Crippen molar-refractivity contribution in [1.29, 1.82) is 0 Å². The molecule has 2 aromatic rings. The van der Waals surface area contributed by atoms with Gasteiger partial charge in [0.2, 0.25) is 0 Å². The van der Waals surface area contributed by atoms with Crippen molar-refractivity contribution >= 4 is 11.7 Å². The summed E-state index contributed by atoms with van der Waals surface area (Å²) in [6.07, 6.45) is 2.03. The summed E-state index contributed by atoms with van der Waals surface area (Å²) in [4.78, 5) is 21.4. The summed E-state index contributed by atoms with van der Waals surface area (Å²) < 4.78 is 6.00. The van der Waals surface area contributed by atoms with Crippen LogP contribution in [0.4, 0.5) is 5.82 Å². The van der Waals surface area contributed by atoms with Gasteiger partial charge in [-0.2, -0.15) is 0 Å². The highest BCUT2D eigenvalue weighted by Crippen LogP contribution is 2.20. The molecule has 0 radical (unpaired) electrons. The number of carbonyl (C=O) groups excluding carboxylic acids is 1. The number of anilines is 1. The number of benzene rings is 1. The quantitative estimate of drug-likeness (QED) is 0.840. The molecule has 1 aliphatic rings. The van der Waals surface area contributed by atoms with Crippen LogP contribution in [0.15, 0.2) is 48.7 Å². The average Bonchev–Trinajstić information content (AvgIpc) is 2.68. The number of pyridine rings is 1. The summed E-state index contributed by atoms with van der Waals surface area (Å²) in [6, 6.07) is 13.7. The molecule has 0 bridgehead atoms. The molecule has 0 N–H and O–H groups in total. The summed E-state index contributed by atoms with van der Waals surface area (Å²) in [6.45, 7) is 6.97. The SMILES string of the molecule is CC[C@@H](Oc1ccccc1C)C(=O)N1CCN(c2ccccn2)CC1. The Morgan fingerprint density at radius 3 is 2.48 bits per heavy atom. The Balaban J connectivity index is 1.60. The van der Waals surface area contributed by atoms with Gasteiger partial charge in [-0.3, -0.25) is 4.79 Å². The summed E-state index contributed by atoms with van der Waals surface area (Å²) >= 11 is 0. The van der Waals surface area contributed by atoms with Crippen molar-refractivity contribution in [1.82, 2.24) is 9.88 Å². The number of aromatic nitrogens is 1. The number of rotatable bonds is 5. The molecule has 0 unspecified atom stereocenters. The van der Waals surface area contributed by atoms with Crippen LogP contribution in [0, 0.1) is 6.92 Å². The largest absolute Gasteiger partial charge is 0.480 e. The second kappa shape index (κ2) is 8.01. The first-order valence-corrected chi connectivity index (χ1v) is 8.86. The highest BCUT2D eigenvalue weighted by atomic mass is 16.5. The van der Waals surface area contributed by atoms with Gasteiger partial charge in [0.05, 0.1) is 0 Å². The highest BCUT2D eigenvalue weighted by Gasteiger charge is 2.28. The predicted octanol–water partition coefficient (Wildman–Crippen LogP) is 2.90. The van der Waals surface area contributed by atoms with E-state index in [4.69, 9.17) is 4.74 Å². The molecule has 0 aliphatic carbocycles. The second-order valence-corrected chi connectivity index (χ2v) is 6.28. The molecule has 2 heterocycles. The van der Waals surface area contributed by atoms with E-state index in [1.807, 2.05) is 61.2 Å². The van der Waals surface area contributed by atoms with E-state index in [0.717, 1.165) is 30.2 Å². The molecule has 0 saturated carbocycles. The molecule has 0 spiro atoms. The molecular formula is C20H25N3O2. The monoisotopic (exact) mass is 339 g/mol. The zero-order chi connectivity index (χ0) is 17.6. The van der Waals surface area contributed by atoms with Crippen LogP contribution in [0.3, 0.4) is 0 Å². The van der Waals surface area contributed by atoms with E-state index in [2.05, 4.69) is 9.88 Å². The van der Waals surface area contributed by atoms with Crippen LogP contribution in [0.1, 0.15) is 18.9 Å². The Morgan fingerprint density at radius 1 is 1.12 bits per heavy atom. The number of nitrogens with zero attached hydrogens (tertiary/aromatic N) is 3. The molecular weight excluding hydrogens is 314 g/mol. The first kappa shape index (κ1) is 17.3. The van der Waals surface area contributed by atoms with Gasteiger partial charge in [-0.25, -0.2) is 4.98 Å². The Morgan fingerprint density at radius 2 is 1.84 bits per heavy atom. The van der Waals surface area contributed by atoms with E-state index in [1.54, 1.807) is 6.20 Å². The first-order chi connectivity index (χ1) is 12.2. The Hall–Kier alpha value is -2.56. The van der Waals surface area contributed by atoms with Crippen LogP contribution in [0.5, 0.6) is 5.75 Å². The third kappa shape index (κ3) is 4.10. The maximum absolute atomic E-state index is 12.9. The van der Waals surface area contributed by atoms with Gasteiger partial charge in [0.1, 0.15) is 11.6 Å². The molecule has 5 nitrogen and oxygen atoms in total. The third-order valence-electron chi connectivity index (χ3n) is 4.57. The van der Waals surface area contributed by atoms with E-state index < -0.39 is 6.10 Å². The minimum absolute atomic E-state index is 0.0754. The van der Waals surface area contributed by atoms with Crippen LogP contribution in [-0.2, 0) is 4.79 Å². The molecule has 1 aromatic heterocycles. The van der Waals surface area contributed by atoms with Crippen LogP contribution in [0.2, 0.25) is 0 Å². The third-order valence-corrected chi connectivity index (χ3v) is 4.57. The fraction of sp³-hybridized carbons (Fsp3) is 0.400. The van der Waals surface area contributed by atoms with Gasteiger partial charge in [0.15, 0.2) is 6.10 Å². The zero-order valence-corrected chi connectivity index (χ0v) is 14.9. The molecule has 3 rings (SSSR count). The Labute approximate surface area is 149 Å². The van der Waals surface area contributed by atoms with Crippen LogP contribution in [-0.4, -0.2) is 48.1 Å². The lowest BCUT2D eigenvalue weighted by molar-refractivity contribution is -0.139. The summed E-state index contributed by atoms with van der Waals surface area (Å²) in [7, 11) is 0. The van der Waals surface area contributed by atoms with Crippen molar-refractivity contribution in [2.24, 2.45) is 0 Å². The number of piperazine rings is 1.